The van der Waals surface area contributed by atoms with Gasteiger partial charge in [0.25, 0.3) is 0 Å². The van der Waals surface area contributed by atoms with E-state index in [1.807, 2.05) is 37.3 Å². The summed E-state index contributed by atoms with van der Waals surface area (Å²) in [7, 11) is 0. The van der Waals surface area contributed by atoms with Crippen molar-refractivity contribution in [2.75, 3.05) is 0 Å². The molecule has 7 rings (SSSR count). The van der Waals surface area contributed by atoms with Gasteiger partial charge in [-0.2, -0.15) is 0 Å². The number of allylic oxidation sites excluding steroid dienone is 2. The fourth-order valence-corrected chi connectivity index (χ4v) is 6.31. The van der Waals surface area contributed by atoms with Gasteiger partial charge in [0.05, 0.1) is 11.0 Å². The van der Waals surface area contributed by atoms with E-state index in [-0.39, 0.29) is 0 Å². The normalized spacial score (nSPS) is 11.5. The van der Waals surface area contributed by atoms with Crippen LogP contribution in [0.25, 0.3) is 58.8 Å². The highest BCUT2D eigenvalue weighted by Crippen LogP contribution is 2.38. The fraction of sp³-hybridized carbons (Fsp3) is 0.0857. The molecule has 2 aromatic heterocycles. The second-order valence-electron chi connectivity index (χ2n) is 9.40. The topological polar surface area (TPSA) is 4.93 Å². The molecule has 0 bridgehead atoms. The lowest BCUT2D eigenvalue weighted by Gasteiger charge is -2.09. The van der Waals surface area contributed by atoms with E-state index in [2.05, 4.69) is 121 Å². The summed E-state index contributed by atoms with van der Waals surface area (Å²) in [4.78, 5) is 0. The molecule has 0 aliphatic heterocycles. The van der Waals surface area contributed by atoms with E-state index in [0.29, 0.717) is 0 Å². The van der Waals surface area contributed by atoms with Crippen molar-refractivity contribution in [3.8, 4) is 16.8 Å². The molecule has 2 heteroatoms. The van der Waals surface area contributed by atoms with Crippen molar-refractivity contribution in [3.05, 3.63) is 127 Å². The van der Waals surface area contributed by atoms with E-state index < -0.39 is 0 Å². The summed E-state index contributed by atoms with van der Waals surface area (Å²) < 4.78 is 5.10. The lowest BCUT2D eigenvalue weighted by Crippen LogP contribution is -1.93. The van der Waals surface area contributed by atoms with Crippen LogP contribution in [0.15, 0.2) is 121 Å². The predicted molar refractivity (Wildman–Crippen MR) is 164 cm³/mol. The van der Waals surface area contributed by atoms with Gasteiger partial charge in [-0.15, -0.1) is 11.3 Å². The summed E-state index contributed by atoms with van der Waals surface area (Å²) in [5, 5.41) is 5.27. The first-order valence-electron chi connectivity index (χ1n) is 12.8. The van der Waals surface area contributed by atoms with E-state index in [9.17, 15) is 0 Å². The maximum Gasteiger partial charge on any atom is 0.0541 e. The molecule has 2 heterocycles. The predicted octanol–water partition coefficient (Wildman–Crippen LogP) is 10.7. The Morgan fingerprint density at radius 2 is 1.22 bits per heavy atom. The Labute approximate surface area is 221 Å². The average molecular weight is 496 g/mol. The minimum absolute atomic E-state index is 1.21. The fourth-order valence-electron chi connectivity index (χ4n) is 5.07. The minimum atomic E-state index is 1.21. The first kappa shape index (κ1) is 23.3. The zero-order valence-corrected chi connectivity index (χ0v) is 22.2. The van der Waals surface area contributed by atoms with Crippen molar-refractivity contribution in [1.29, 1.82) is 0 Å². The highest BCUT2D eigenvalue weighted by molar-refractivity contribution is 7.25. The maximum atomic E-state index is 2.41. The van der Waals surface area contributed by atoms with Crippen molar-refractivity contribution in [2.45, 2.75) is 20.8 Å². The summed E-state index contributed by atoms with van der Waals surface area (Å²) >= 11 is 1.88. The van der Waals surface area contributed by atoms with Gasteiger partial charge in [0.1, 0.15) is 0 Å². The third-order valence-corrected chi connectivity index (χ3v) is 8.10. The van der Waals surface area contributed by atoms with E-state index in [4.69, 9.17) is 0 Å². The van der Waals surface area contributed by atoms with Gasteiger partial charge in [-0.1, -0.05) is 84.9 Å². The Morgan fingerprint density at radius 1 is 0.541 bits per heavy atom. The van der Waals surface area contributed by atoms with Crippen LogP contribution in [0.1, 0.15) is 19.4 Å². The molecule has 180 valence electrons. The molecule has 1 nitrogen and oxygen atoms in total. The van der Waals surface area contributed by atoms with Crippen molar-refractivity contribution in [1.82, 2.24) is 4.57 Å². The number of benzene rings is 5. The molecule has 0 unspecified atom stereocenters. The summed E-state index contributed by atoms with van der Waals surface area (Å²) in [5.41, 5.74) is 7.51. The second-order valence-corrected chi connectivity index (χ2v) is 10.5. The van der Waals surface area contributed by atoms with Gasteiger partial charge in [0, 0.05) is 36.6 Å². The number of rotatable bonds is 2. The Morgan fingerprint density at radius 3 is 2.00 bits per heavy atom. The molecule has 0 saturated heterocycles. The first-order chi connectivity index (χ1) is 18.2. The number of hydrogen-bond donors (Lipinski definition) is 0. The zero-order chi connectivity index (χ0) is 25.4. The Bertz CT molecular complexity index is 1900. The van der Waals surface area contributed by atoms with Crippen LogP contribution in [0, 0.1) is 6.92 Å². The van der Waals surface area contributed by atoms with Crippen LogP contribution >= 0.6 is 11.3 Å². The Hall–Kier alpha value is -4.14. The van der Waals surface area contributed by atoms with Gasteiger partial charge in [0.2, 0.25) is 0 Å². The number of aromatic nitrogens is 1. The van der Waals surface area contributed by atoms with E-state index in [0.717, 1.165) is 0 Å². The van der Waals surface area contributed by atoms with Crippen LogP contribution in [0.4, 0.5) is 0 Å². The molecule has 0 N–H and O–H groups in total. The molecule has 37 heavy (non-hydrogen) atoms. The lowest BCUT2D eigenvalue weighted by atomic mass is 10.0. The minimum Gasteiger partial charge on any atom is -0.309 e. The lowest BCUT2D eigenvalue weighted by molar-refractivity contribution is 1.19. The van der Waals surface area contributed by atoms with Crippen LogP contribution in [-0.2, 0) is 0 Å². The molecule has 0 aliphatic rings. The molecule has 5 aromatic carbocycles. The Kier molecular flexibility index (Phi) is 6.12. The molecule has 0 spiro atoms. The van der Waals surface area contributed by atoms with Crippen molar-refractivity contribution < 1.29 is 0 Å². The van der Waals surface area contributed by atoms with Crippen LogP contribution in [0.2, 0.25) is 0 Å². The SMILES string of the molecule is C/C=C\C.Cc1ccc2c(c1)sc1cc(-n3c4ccccc4c4cc(-c5ccccc5)ccc43)ccc12. The van der Waals surface area contributed by atoms with Crippen molar-refractivity contribution >= 4 is 53.3 Å². The molecular formula is C35H29NS. The summed E-state index contributed by atoms with van der Waals surface area (Å²) in [6, 6.07) is 39.9. The van der Waals surface area contributed by atoms with E-state index in [1.165, 1.54) is 64.4 Å². The average Bonchev–Trinajstić information content (AvgIpc) is 3.47. The van der Waals surface area contributed by atoms with Gasteiger partial charge in [-0.3, -0.25) is 0 Å². The Balaban J connectivity index is 0.000000590. The number of aryl methyl sites for hydroxylation is 1. The highest BCUT2D eigenvalue weighted by atomic mass is 32.1. The van der Waals surface area contributed by atoms with Gasteiger partial charge in [0.15, 0.2) is 0 Å². The van der Waals surface area contributed by atoms with Gasteiger partial charge >= 0.3 is 0 Å². The maximum absolute atomic E-state index is 2.41. The van der Waals surface area contributed by atoms with Crippen LogP contribution in [0.3, 0.4) is 0 Å². The molecule has 0 aliphatic carbocycles. The molecule has 0 amide bonds. The zero-order valence-electron chi connectivity index (χ0n) is 21.4. The van der Waals surface area contributed by atoms with Gasteiger partial charge < -0.3 is 4.57 Å². The highest BCUT2D eigenvalue weighted by Gasteiger charge is 2.14. The molecule has 0 fully saturated rings. The summed E-state index contributed by atoms with van der Waals surface area (Å²) in [5.74, 6) is 0. The monoisotopic (exact) mass is 495 g/mol. The molecule has 0 saturated carbocycles. The second kappa shape index (κ2) is 9.72. The molecular weight excluding hydrogens is 466 g/mol. The molecule has 0 atom stereocenters. The van der Waals surface area contributed by atoms with Crippen LogP contribution in [-0.4, -0.2) is 4.57 Å². The smallest absolute Gasteiger partial charge is 0.0541 e. The number of hydrogen-bond acceptors (Lipinski definition) is 1. The first-order valence-corrected chi connectivity index (χ1v) is 13.6. The van der Waals surface area contributed by atoms with Crippen LogP contribution < -0.4 is 0 Å². The summed E-state index contributed by atoms with van der Waals surface area (Å²) in [6.07, 6.45) is 4.00. The quantitative estimate of drug-likeness (QED) is 0.210. The third-order valence-electron chi connectivity index (χ3n) is 6.98. The van der Waals surface area contributed by atoms with Gasteiger partial charge in [-0.05, 0) is 73.9 Å². The number of fused-ring (bicyclic) bond motifs is 6. The van der Waals surface area contributed by atoms with Crippen molar-refractivity contribution in [2.24, 2.45) is 0 Å². The molecule has 7 aromatic rings. The van der Waals surface area contributed by atoms with E-state index >= 15 is 0 Å². The molecule has 0 radical (unpaired) electrons. The summed E-state index contributed by atoms with van der Waals surface area (Å²) in [6.45, 7) is 6.16. The largest absolute Gasteiger partial charge is 0.309 e. The third kappa shape index (κ3) is 4.14. The number of thiophene rings is 1. The number of para-hydroxylation sites is 1. The van der Waals surface area contributed by atoms with Crippen LogP contribution in [0.5, 0.6) is 0 Å². The van der Waals surface area contributed by atoms with Crippen molar-refractivity contribution in [3.63, 3.8) is 0 Å². The van der Waals surface area contributed by atoms with E-state index in [1.54, 1.807) is 0 Å². The standard InChI is InChI=1S/C31H21NS.C4H8/c1-20-11-14-25-26-15-13-23(19-31(26)33-30(25)17-20)32-28-10-6-5-9-24(28)27-18-22(12-16-29(27)32)21-7-3-2-4-8-21;1-3-4-2/h2-19H,1H3;3-4H,1-2H3/b;4-3-. The van der Waals surface area contributed by atoms with Gasteiger partial charge in [-0.25, -0.2) is 0 Å². The number of nitrogens with zero attached hydrogens (tertiary/aromatic N) is 1.